The predicted octanol–water partition coefficient (Wildman–Crippen LogP) is 1.13. The molecule has 0 aliphatic heterocycles. The predicted molar refractivity (Wildman–Crippen MR) is 90.9 cm³/mol. The molecule has 8 nitrogen and oxygen atoms in total. The Kier molecular flexibility index (Phi) is 10.7. The first kappa shape index (κ1) is 20.0. The molecule has 9 heteroatoms. The Morgan fingerprint density at radius 3 is 2.43 bits per heavy atom. The second kappa shape index (κ2) is 12.4. The van der Waals surface area contributed by atoms with Gasteiger partial charge >= 0.3 is 12.0 Å². The van der Waals surface area contributed by atoms with Crippen molar-refractivity contribution in [2.75, 3.05) is 44.6 Å². The Hall–Kier alpha value is -1.07. The number of hydrogen-bond donors (Lipinski definition) is 0. The molecule has 130 valence electrons. The number of hydrogen-bond acceptors (Lipinski definition) is 8. The van der Waals surface area contributed by atoms with E-state index in [0.29, 0.717) is 54.9 Å². The second-order valence-electron chi connectivity index (χ2n) is 4.47. The maximum Gasteiger partial charge on any atom is 0.319 e. The summed E-state index contributed by atoms with van der Waals surface area (Å²) in [6.07, 6.45) is 1.51. The van der Waals surface area contributed by atoms with E-state index in [-0.39, 0.29) is 12.6 Å². The van der Waals surface area contributed by atoms with Crippen molar-refractivity contribution in [3.63, 3.8) is 0 Å². The largest absolute Gasteiger partial charge is 0.467 e. The normalized spacial score (nSPS) is 10.6. The lowest BCUT2D eigenvalue weighted by atomic mass is 10.3. The van der Waals surface area contributed by atoms with Crippen LogP contribution in [0, 0.1) is 6.92 Å². The Labute approximate surface area is 149 Å². The van der Waals surface area contributed by atoms with Crippen LogP contribution in [0.1, 0.15) is 18.1 Å². The van der Waals surface area contributed by atoms with Crippen LogP contribution in [0.4, 0.5) is 0 Å². The van der Waals surface area contributed by atoms with Crippen molar-refractivity contribution in [2.45, 2.75) is 19.8 Å². The van der Waals surface area contributed by atoms with E-state index in [2.05, 4.69) is 15.0 Å². The zero-order valence-electron chi connectivity index (χ0n) is 13.4. The van der Waals surface area contributed by atoms with Gasteiger partial charge in [0.2, 0.25) is 0 Å². The molecule has 0 N–H and O–H groups in total. The molecule has 0 saturated heterocycles. The van der Waals surface area contributed by atoms with Crippen molar-refractivity contribution < 1.29 is 23.7 Å². The van der Waals surface area contributed by atoms with Gasteiger partial charge in [-0.05, 0) is 13.3 Å². The summed E-state index contributed by atoms with van der Waals surface area (Å²) >= 11 is 1.96. The molecule has 1 aromatic heterocycles. The molecule has 0 fully saturated rings. The van der Waals surface area contributed by atoms with Gasteiger partial charge in [-0.2, -0.15) is 9.97 Å². The van der Waals surface area contributed by atoms with Crippen LogP contribution in [0.3, 0.4) is 0 Å². The van der Waals surface area contributed by atoms with Gasteiger partial charge in [0.25, 0.3) is 0 Å². The number of carbonyl (C=O) groups excluding carboxylic acids is 1. The van der Waals surface area contributed by atoms with Crippen LogP contribution in [-0.4, -0.2) is 65.5 Å². The molecule has 0 amide bonds. The summed E-state index contributed by atoms with van der Waals surface area (Å²) in [5, 5.41) is 0. The summed E-state index contributed by atoms with van der Waals surface area (Å²) in [5.41, 5.74) is 0. The lowest BCUT2D eigenvalue weighted by Gasteiger charge is -2.06. The highest BCUT2D eigenvalue weighted by molar-refractivity contribution is 14.1. The molecule has 0 aromatic carbocycles. The highest BCUT2D eigenvalue weighted by atomic mass is 127. The lowest BCUT2D eigenvalue weighted by molar-refractivity contribution is -0.141. The average Bonchev–Trinajstić information content (AvgIpc) is 2.55. The maximum absolute atomic E-state index is 10.9. The number of aromatic nitrogens is 3. The van der Waals surface area contributed by atoms with Gasteiger partial charge in [0, 0.05) is 13.0 Å². The van der Waals surface area contributed by atoms with E-state index in [9.17, 15) is 4.79 Å². The van der Waals surface area contributed by atoms with Crippen LogP contribution in [-0.2, 0) is 25.4 Å². The highest BCUT2D eigenvalue weighted by Gasteiger charge is 2.03. The summed E-state index contributed by atoms with van der Waals surface area (Å²) in [7, 11) is 1.53. The summed E-state index contributed by atoms with van der Waals surface area (Å²) in [5.74, 6) is 1.12. The molecule has 1 aromatic rings. The van der Waals surface area contributed by atoms with Crippen LogP contribution in [0.2, 0.25) is 0 Å². The zero-order valence-corrected chi connectivity index (χ0v) is 15.6. The third kappa shape index (κ3) is 9.61. The molecule has 0 saturated carbocycles. The SMILES string of the molecule is COc1nc(C)nc(CCCOCCOCCOC(=O)CI)n1. The van der Waals surface area contributed by atoms with Gasteiger partial charge < -0.3 is 18.9 Å². The molecule has 0 bridgehead atoms. The van der Waals surface area contributed by atoms with Gasteiger partial charge in [-0.3, -0.25) is 4.79 Å². The van der Waals surface area contributed by atoms with Gasteiger partial charge in [0.05, 0.1) is 31.4 Å². The standard InChI is InChI=1S/C14H22IN3O5/c1-11-16-12(18-14(17-11)20-2)4-3-5-21-6-7-22-8-9-23-13(19)10-15/h3-10H2,1-2H3. The Morgan fingerprint density at radius 1 is 1.04 bits per heavy atom. The first-order valence-electron chi connectivity index (χ1n) is 7.28. The Balaban J connectivity index is 1.99. The summed E-state index contributed by atoms with van der Waals surface area (Å²) in [6, 6.07) is 0.338. The quantitative estimate of drug-likeness (QED) is 0.207. The topological polar surface area (TPSA) is 92.7 Å². The van der Waals surface area contributed by atoms with E-state index in [4.69, 9.17) is 18.9 Å². The third-order valence-electron chi connectivity index (χ3n) is 2.62. The van der Waals surface area contributed by atoms with E-state index >= 15 is 0 Å². The lowest BCUT2D eigenvalue weighted by Crippen LogP contribution is -2.13. The molecule has 0 spiro atoms. The minimum atomic E-state index is -0.226. The summed E-state index contributed by atoms with van der Waals surface area (Å²) < 4.78 is 21.0. The number of nitrogens with zero attached hydrogens (tertiary/aromatic N) is 3. The molecule has 0 aliphatic rings. The fraction of sp³-hybridized carbons (Fsp3) is 0.714. The fourth-order valence-corrected chi connectivity index (χ4v) is 1.84. The summed E-state index contributed by atoms with van der Waals surface area (Å²) in [6.45, 7) is 4.04. The number of ether oxygens (including phenoxy) is 4. The van der Waals surface area contributed by atoms with Crippen molar-refractivity contribution in [1.29, 1.82) is 0 Å². The fourth-order valence-electron chi connectivity index (χ4n) is 1.62. The number of alkyl halides is 1. The first-order chi connectivity index (χ1) is 11.2. The van der Waals surface area contributed by atoms with E-state index in [1.54, 1.807) is 6.92 Å². The second-order valence-corrected chi connectivity index (χ2v) is 5.23. The van der Waals surface area contributed by atoms with Gasteiger partial charge in [-0.15, -0.1) is 0 Å². The van der Waals surface area contributed by atoms with Crippen molar-refractivity contribution in [3.05, 3.63) is 11.6 Å². The number of aryl methyl sites for hydroxylation is 2. The van der Waals surface area contributed by atoms with Gasteiger partial charge in [0.15, 0.2) is 0 Å². The monoisotopic (exact) mass is 439 g/mol. The number of carbonyl (C=O) groups is 1. The van der Waals surface area contributed by atoms with E-state index in [1.165, 1.54) is 7.11 Å². The molecule has 0 unspecified atom stereocenters. The Bertz CT molecular complexity index is 476. The van der Waals surface area contributed by atoms with Crippen LogP contribution >= 0.6 is 22.6 Å². The molecule has 0 radical (unpaired) electrons. The smallest absolute Gasteiger partial charge is 0.319 e. The summed E-state index contributed by atoms with van der Waals surface area (Å²) in [4.78, 5) is 23.3. The van der Waals surface area contributed by atoms with Crippen molar-refractivity contribution in [1.82, 2.24) is 15.0 Å². The zero-order chi connectivity index (χ0) is 16.9. The minimum absolute atomic E-state index is 0.226. The van der Waals surface area contributed by atoms with Crippen molar-refractivity contribution in [2.24, 2.45) is 0 Å². The van der Waals surface area contributed by atoms with Crippen LogP contribution in [0.15, 0.2) is 0 Å². The number of esters is 1. The molecule has 1 rings (SSSR count). The van der Waals surface area contributed by atoms with Gasteiger partial charge in [-0.25, -0.2) is 4.98 Å². The molecule has 0 aliphatic carbocycles. The number of methoxy groups -OCH3 is 1. The van der Waals surface area contributed by atoms with Crippen molar-refractivity contribution in [3.8, 4) is 6.01 Å². The average molecular weight is 439 g/mol. The van der Waals surface area contributed by atoms with E-state index in [1.807, 2.05) is 22.6 Å². The van der Waals surface area contributed by atoms with Crippen molar-refractivity contribution >= 4 is 28.6 Å². The highest BCUT2D eigenvalue weighted by Crippen LogP contribution is 2.04. The van der Waals surface area contributed by atoms with Gasteiger partial charge in [-0.1, -0.05) is 22.6 Å². The van der Waals surface area contributed by atoms with Gasteiger partial charge in [0.1, 0.15) is 18.3 Å². The molecule has 1 heterocycles. The third-order valence-corrected chi connectivity index (χ3v) is 3.24. The molecular formula is C14H22IN3O5. The maximum atomic E-state index is 10.9. The Morgan fingerprint density at radius 2 is 1.74 bits per heavy atom. The number of halogens is 1. The number of rotatable bonds is 12. The van der Waals surface area contributed by atoms with Crippen LogP contribution in [0.5, 0.6) is 6.01 Å². The van der Waals surface area contributed by atoms with E-state index in [0.717, 1.165) is 6.42 Å². The van der Waals surface area contributed by atoms with Crippen LogP contribution in [0.25, 0.3) is 0 Å². The minimum Gasteiger partial charge on any atom is -0.467 e. The molecule has 0 atom stereocenters. The molecular weight excluding hydrogens is 417 g/mol. The van der Waals surface area contributed by atoms with Crippen LogP contribution < -0.4 is 4.74 Å². The first-order valence-corrected chi connectivity index (χ1v) is 8.81. The molecule has 23 heavy (non-hydrogen) atoms. The van der Waals surface area contributed by atoms with E-state index < -0.39 is 0 Å².